The van der Waals surface area contributed by atoms with E-state index in [1.54, 1.807) is 41.2 Å². The molecule has 0 aliphatic carbocycles. The third-order valence-electron chi connectivity index (χ3n) is 4.16. The number of fused-ring (bicyclic) bond motifs is 1. The van der Waals surface area contributed by atoms with Gasteiger partial charge in [-0.1, -0.05) is 18.2 Å². The minimum Gasteiger partial charge on any atom is -0.382 e. The Balaban J connectivity index is 1.75. The molecule has 0 amide bonds. The Labute approximate surface area is 165 Å². The number of pyridine rings is 1. The second kappa shape index (κ2) is 7.85. The van der Waals surface area contributed by atoms with E-state index in [0.717, 1.165) is 0 Å². The Morgan fingerprint density at radius 1 is 1.14 bits per heavy atom. The van der Waals surface area contributed by atoms with E-state index >= 15 is 0 Å². The van der Waals surface area contributed by atoms with Gasteiger partial charge in [0.05, 0.1) is 18.5 Å². The molecule has 3 N–H and O–H groups in total. The molecule has 0 atom stereocenters. The maximum Gasteiger partial charge on any atom is 0.204 e. The zero-order valence-electron chi connectivity index (χ0n) is 14.9. The molecule has 0 aliphatic heterocycles. The molecule has 0 radical (unpaired) electrons. The Kier molecular flexibility index (Phi) is 5.10. The van der Waals surface area contributed by atoms with Gasteiger partial charge in [-0.2, -0.15) is 5.10 Å². The number of nitrogen functional groups attached to an aromatic ring is 1. The van der Waals surface area contributed by atoms with Crippen LogP contribution >= 0.6 is 0 Å². The highest BCUT2D eigenvalue weighted by atomic mass is 32.2. The van der Waals surface area contributed by atoms with Crippen LogP contribution in [0.25, 0.3) is 22.6 Å². The van der Waals surface area contributed by atoms with Gasteiger partial charge in [0.1, 0.15) is 17.2 Å². The van der Waals surface area contributed by atoms with E-state index < -0.39 is 10.9 Å². The van der Waals surface area contributed by atoms with Gasteiger partial charge in [0.15, 0.2) is 11.5 Å². The Morgan fingerprint density at radius 3 is 2.72 bits per heavy atom. The number of rotatable bonds is 6. The summed E-state index contributed by atoms with van der Waals surface area (Å²) < 4.78 is 39.2. The number of benzene rings is 1. The molecule has 0 saturated heterocycles. The Hall–Kier alpha value is -3.51. The molecule has 0 aliphatic rings. The molecule has 0 saturated carbocycles. The van der Waals surface area contributed by atoms with Gasteiger partial charge >= 0.3 is 0 Å². The van der Waals surface area contributed by atoms with Crippen LogP contribution in [0.2, 0.25) is 0 Å². The molecular formula is C17H15FN8O2S. The smallest absolute Gasteiger partial charge is 0.204 e. The van der Waals surface area contributed by atoms with E-state index in [0.29, 0.717) is 22.3 Å². The van der Waals surface area contributed by atoms with Crippen LogP contribution in [0, 0.1) is 5.82 Å². The lowest BCUT2D eigenvalue weighted by Crippen LogP contribution is -2.15. The average molecular weight is 414 g/mol. The highest BCUT2D eigenvalue weighted by Gasteiger charge is 2.18. The number of nitrogens with zero attached hydrogens (tertiary/aromatic N) is 6. The molecule has 3 heterocycles. The Bertz CT molecular complexity index is 1270. The first-order valence-corrected chi connectivity index (χ1v) is 9.63. The summed E-state index contributed by atoms with van der Waals surface area (Å²) >= 11 is 0. The van der Waals surface area contributed by atoms with Gasteiger partial charge < -0.3 is 5.73 Å². The van der Waals surface area contributed by atoms with Gasteiger partial charge in [-0.25, -0.2) is 32.2 Å². The molecule has 3 aromatic heterocycles. The summed E-state index contributed by atoms with van der Waals surface area (Å²) in [6.07, 6.45) is 1.61. The van der Waals surface area contributed by atoms with Gasteiger partial charge in [0.25, 0.3) is 0 Å². The van der Waals surface area contributed by atoms with E-state index in [2.05, 4.69) is 30.0 Å². The third-order valence-corrected chi connectivity index (χ3v) is 4.58. The van der Waals surface area contributed by atoms with Crippen molar-refractivity contribution >= 4 is 27.7 Å². The fourth-order valence-corrected chi connectivity index (χ4v) is 3.08. The number of anilines is 1. The summed E-state index contributed by atoms with van der Waals surface area (Å²) in [5.41, 5.74) is 7.46. The van der Waals surface area contributed by atoms with Gasteiger partial charge in [-0.05, 0) is 18.2 Å². The number of halogens is 1. The first-order valence-electron chi connectivity index (χ1n) is 8.45. The summed E-state index contributed by atoms with van der Waals surface area (Å²) in [4.78, 5) is 8.53. The van der Waals surface area contributed by atoms with E-state index in [4.69, 9.17) is 5.73 Å². The van der Waals surface area contributed by atoms with Crippen molar-refractivity contribution in [1.29, 1.82) is 0 Å². The minimum atomic E-state index is -2.79. The topological polar surface area (TPSA) is 142 Å². The van der Waals surface area contributed by atoms with Crippen LogP contribution in [0.4, 0.5) is 10.2 Å². The summed E-state index contributed by atoms with van der Waals surface area (Å²) in [6, 6.07) is 9.94. The number of hydrogen-bond acceptors (Lipinski definition) is 8. The van der Waals surface area contributed by atoms with Gasteiger partial charge in [0, 0.05) is 11.8 Å². The van der Waals surface area contributed by atoms with Crippen molar-refractivity contribution in [2.75, 3.05) is 5.73 Å². The van der Waals surface area contributed by atoms with E-state index in [9.17, 15) is 12.8 Å². The van der Waals surface area contributed by atoms with Crippen LogP contribution < -0.4 is 10.5 Å². The number of hydrogen-bond donors (Lipinski definition) is 3. The Morgan fingerprint density at radius 2 is 1.97 bits per heavy atom. The number of nitrogens with one attached hydrogen (secondary N) is 1. The standard InChI is InChI=1S/C17H15FN8O2S/c18-12-6-2-1-4-10(12)9-26-17-11(5-3-7-20-17)14(25-26)16-22-15(19)13(23-24-16)8-21-29(27)28/h1-7,29H,8-9H2,(H2,19,22,24)(H,21,27,28). The lowest BCUT2D eigenvalue weighted by atomic mass is 10.2. The molecule has 0 fully saturated rings. The molecule has 4 rings (SSSR count). The largest absolute Gasteiger partial charge is 0.382 e. The molecule has 0 bridgehead atoms. The monoisotopic (exact) mass is 414 g/mol. The van der Waals surface area contributed by atoms with Crippen LogP contribution in [0.15, 0.2) is 42.6 Å². The van der Waals surface area contributed by atoms with E-state index in [1.165, 1.54) is 6.07 Å². The predicted molar refractivity (Wildman–Crippen MR) is 103 cm³/mol. The van der Waals surface area contributed by atoms with Crippen molar-refractivity contribution in [3.05, 3.63) is 59.7 Å². The third kappa shape index (κ3) is 3.88. The van der Waals surface area contributed by atoms with Crippen LogP contribution in [0.5, 0.6) is 0 Å². The fourth-order valence-electron chi connectivity index (χ4n) is 2.80. The average Bonchev–Trinajstić information content (AvgIpc) is 3.07. The zero-order valence-corrected chi connectivity index (χ0v) is 15.8. The normalized spacial score (nSPS) is 11.4. The van der Waals surface area contributed by atoms with Gasteiger partial charge in [-0.3, -0.25) is 0 Å². The molecule has 12 heteroatoms. The zero-order chi connectivity index (χ0) is 20.4. The molecule has 0 spiro atoms. The van der Waals surface area contributed by atoms with Crippen molar-refractivity contribution in [2.45, 2.75) is 13.1 Å². The first-order chi connectivity index (χ1) is 14.0. The van der Waals surface area contributed by atoms with Gasteiger partial charge in [0.2, 0.25) is 16.7 Å². The number of aromatic nitrogens is 6. The van der Waals surface area contributed by atoms with Crippen LogP contribution in [-0.2, 0) is 24.0 Å². The maximum atomic E-state index is 14.1. The van der Waals surface area contributed by atoms with Crippen molar-refractivity contribution < 1.29 is 12.8 Å². The molecular weight excluding hydrogens is 399 g/mol. The predicted octanol–water partition coefficient (Wildman–Crippen LogP) is 0.669. The summed E-state index contributed by atoms with van der Waals surface area (Å²) in [5, 5.41) is 13.1. The highest BCUT2D eigenvalue weighted by Crippen LogP contribution is 2.25. The lowest BCUT2D eigenvalue weighted by Gasteiger charge is -2.04. The fraction of sp³-hybridized carbons (Fsp3) is 0.118. The van der Waals surface area contributed by atoms with Crippen LogP contribution in [-0.4, -0.2) is 38.4 Å². The van der Waals surface area contributed by atoms with Gasteiger partial charge in [-0.15, -0.1) is 10.2 Å². The highest BCUT2D eigenvalue weighted by molar-refractivity contribution is 7.70. The summed E-state index contributed by atoms with van der Waals surface area (Å²) in [6.45, 7) is 0.0521. The van der Waals surface area contributed by atoms with Crippen molar-refractivity contribution in [3.63, 3.8) is 0 Å². The van der Waals surface area contributed by atoms with Crippen molar-refractivity contribution in [2.24, 2.45) is 0 Å². The minimum absolute atomic E-state index is 0.0278. The van der Waals surface area contributed by atoms with Crippen molar-refractivity contribution in [3.8, 4) is 11.5 Å². The molecule has 29 heavy (non-hydrogen) atoms. The molecule has 1 aromatic carbocycles. The molecule has 0 unspecified atom stereocenters. The summed E-state index contributed by atoms with van der Waals surface area (Å²) in [5.74, 6) is -0.160. The van der Waals surface area contributed by atoms with E-state index in [-0.39, 0.29) is 36.2 Å². The van der Waals surface area contributed by atoms with E-state index in [1.807, 2.05) is 0 Å². The SMILES string of the molecule is Nc1nc(-c2nn(Cc3ccccc3F)c3ncccc23)nnc1CN[SH](=O)=O. The maximum absolute atomic E-state index is 14.1. The molecule has 148 valence electrons. The first kappa shape index (κ1) is 18.8. The second-order valence-electron chi connectivity index (χ2n) is 6.03. The van der Waals surface area contributed by atoms with Crippen LogP contribution in [0.3, 0.4) is 0 Å². The molecule has 4 aromatic rings. The quantitative estimate of drug-likeness (QED) is 0.391. The molecule has 10 nitrogen and oxygen atoms in total. The number of thiol groups is 1. The summed E-state index contributed by atoms with van der Waals surface area (Å²) in [7, 11) is -2.79. The lowest BCUT2D eigenvalue weighted by molar-refractivity contribution is 0.589. The van der Waals surface area contributed by atoms with Crippen LogP contribution in [0.1, 0.15) is 11.3 Å². The second-order valence-corrected chi connectivity index (χ2v) is 6.86. The van der Waals surface area contributed by atoms with Crippen molar-refractivity contribution in [1.82, 2.24) is 34.7 Å². The number of nitrogens with two attached hydrogens (primary N) is 1.